The molecule has 0 bridgehead atoms. The van der Waals surface area contributed by atoms with Crippen LogP contribution in [0.3, 0.4) is 0 Å². The number of hydrogen-bond acceptors (Lipinski definition) is 6. The summed E-state index contributed by atoms with van der Waals surface area (Å²) < 4.78 is 25.3. The van der Waals surface area contributed by atoms with Crippen molar-refractivity contribution >= 4 is 34.3 Å². The number of fused-ring (bicyclic) bond motifs is 1. The second-order valence-electron chi connectivity index (χ2n) is 9.36. The number of aromatic nitrogens is 2. The predicted octanol–water partition coefficient (Wildman–Crippen LogP) is 5.22. The van der Waals surface area contributed by atoms with Crippen LogP contribution in [0.15, 0.2) is 66.9 Å². The van der Waals surface area contributed by atoms with Crippen LogP contribution < -0.4 is 10.6 Å². The van der Waals surface area contributed by atoms with Crippen molar-refractivity contribution in [1.82, 2.24) is 9.55 Å². The molecule has 0 saturated carbocycles. The first-order valence-corrected chi connectivity index (χ1v) is 12.8. The van der Waals surface area contributed by atoms with Crippen molar-refractivity contribution in [3.63, 3.8) is 0 Å². The van der Waals surface area contributed by atoms with Crippen LogP contribution in [-0.2, 0) is 33.7 Å². The first-order valence-electron chi connectivity index (χ1n) is 12.8. The first-order chi connectivity index (χ1) is 18.9. The summed E-state index contributed by atoms with van der Waals surface area (Å²) in [6.45, 7) is 2.70. The zero-order valence-electron chi connectivity index (χ0n) is 22.4. The largest absolute Gasteiger partial charge is 0.464 e. The minimum atomic E-state index is -0.582. The van der Waals surface area contributed by atoms with Crippen LogP contribution in [0.4, 0.5) is 15.8 Å². The van der Waals surface area contributed by atoms with Crippen LogP contribution >= 0.6 is 0 Å². The number of carbonyl (C=O) groups excluding carboxylic acids is 2. The van der Waals surface area contributed by atoms with Crippen LogP contribution in [0.1, 0.15) is 35.0 Å². The zero-order valence-corrected chi connectivity index (χ0v) is 22.4. The SMILES string of the molecule is COCCn1c(C(=O)OC)c(NC(=O)CCc2ccccc2)c2cc(NC(C)Cc3ccc(F)cc3)cnc21. The number of aryl methyl sites for hydroxylation is 1. The Labute approximate surface area is 227 Å². The average Bonchev–Trinajstić information content (AvgIpc) is 3.24. The number of pyridine rings is 1. The molecule has 0 aliphatic heterocycles. The molecule has 0 saturated heterocycles. The molecule has 39 heavy (non-hydrogen) atoms. The van der Waals surface area contributed by atoms with Gasteiger partial charge in [0.15, 0.2) is 5.69 Å². The molecule has 2 N–H and O–H groups in total. The lowest BCUT2D eigenvalue weighted by Gasteiger charge is -2.15. The molecule has 0 fully saturated rings. The fraction of sp³-hybridized carbons (Fsp3) is 0.300. The highest BCUT2D eigenvalue weighted by molar-refractivity contribution is 6.11. The van der Waals surface area contributed by atoms with Gasteiger partial charge in [0.1, 0.15) is 11.5 Å². The summed E-state index contributed by atoms with van der Waals surface area (Å²) in [6, 6.07) is 18.0. The van der Waals surface area contributed by atoms with Crippen LogP contribution in [0.2, 0.25) is 0 Å². The molecule has 2 heterocycles. The Hall–Kier alpha value is -4.24. The molecule has 1 unspecified atom stereocenters. The molecule has 204 valence electrons. The van der Waals surface area contributed by atoms with Crippen molar-refractivity contribution in [3.05, 3.63) is 89.5 Å². The lowest BCUT2D eigenvalue weighted by atomic mass is 10.1. The molecule has 1 atom stereocenters. The summed E-state index contributed by atoms with van der Waals surface area (Å²) in [5, 5.41) is 6.99. The van der Waals surface area contributed by atoms with Gasteiger partial charge >= 0.3 is 5.97 Å². The summed E-state index contributed by atoms with van der Waals surface area (Å²) in [4.78, 5) is 30.6. The molecule has 2 aromatic heterocycles. The molecule has 9 heteroatoms. The van der Waals surface area contributed by atoms with E-state index in [2.05, 4.69) is 15.6 Å². The summed E-state index contributed by atoms with van der Waals surface area (Å²) in [6.07, 6.45) is 3.17. The first kappa shape index (κ1) is 27.8. The van der Waals surface area contributed by atoms with Crippen LogP contribution in [-0.4, -0.2) is 48.3 Å². The summed E-state index contributed by atoms with van der Waals surface area (Å²) >= 11 is 0. The number of anilines is 2. The molecule has 8 nitrogen and oxygen atoms in total. The van der Waals surface area contributed by atoms with Gasteiger partial charge in [-0.2, -0.15) is 0 Å². The highest BCUT2D eigenvalue weighted by Gasteiger charge is 2.26. The number of nitrogens with one attached hydrogen (secondary N) is 2. The monoisotopic (exact) mass is 532 g/mol. The third kappa shape index (κ3) is 7.00. The van der Waals surface area contributed by atoms with E-state index in [0.29, 0.717) is 42.7 Å². The van der Waals surface area contributed by atoms with E-state index in [4.69, 9.17) is 9.47 Å². The number of amides is 1. The van der Waals surface area contributed by atoms with Crippen molar-refractivity contribution in [2.75, 3.05) is 31.5 Å². The van der Waals surface area contributed by atoms with Gasteiger partial charge in [-0.3, -0.25) is 4.79 Å². The number of esters is 1. The number of benzene rings is 2. The molecule has 1 amide bonds. The van der Waals surface area contributed by atoms with E-state index in [1.807, 2.05) is 43.3 Å². The second-order valence-corrected chi connectivity index (χ2v) is 9.36. The third-order valence-electron chi connectivity index (χ3n) is 6.41. The fourth-order valence-electron chi connectivity index (χ4n) is 4.55. The van der Waals surface area contributed by atoms with Crippen molar-refractivity contribution in [3.8, 4) is 0 Å². The van der Waals surface area contributed by atoms with E-state index in [-0.39, 0.29) is 29.9 Å². The van der Waals surface area contributed by atoms with Gasteiger partial charge in [0.05, 0.1) is 31.3 Å². The Bertz CT molecular complexity index is 1420. The molecule has 0 spiro atoms. The van der Waals surface area contributed by atoms with E-state index < -0.39 is 5.97 Å². The Balaban J connectivity index is 1.65. The van der Waals surface area contributed by atoms with Crippen LogP contribution in [0.25, 0.3) is 11.0 Å². The Kier molecular flexibility index (Phi) is 9.27. The van der Waals surface area contributed by atoms with E-state index >= 15 is 0 Å². The topological polar surface area (TPSA) is 94.5 Å². The Morgan fingerprint density at radius 3 is 2.49 bits per heavy atom. The molecule has 0 aliphatic rings. The summed E-state index contributed by atoms with van der Waals surface area (Å²) in [7, 11) is 2.88. The van der Waals surface area contributed by atoms with Gasteiger partial charge in [-0.1, -0.05) is 42.5 Å². The minimum Gasteiger partial charge on any atom is -0.464 e. The van der Waals surface area contributed by atoms with E-state index in [1.165, 1.54) is 19.2 Å². The molecule has 0 radical (unpaired) electrons. The van der Waals surface area contributed by atoms with Crippen LogP contribution in [0, 0.1) is 5.82 Å². The lowest BCUT2D eigenvalue weighted by molar-refractivity contribution is -0.116. The number of carbonyl (C=O) groups is 2. The van der Waals surface area contributed by atoms with E-state index in [1.54, 1.807) is 30.0 Å². The highest BCUT2D eigenvalue weighted by atomic mass is 19.1. The van der Waals surface area contributed by atoms with Crippen molar-refractivity contribution in [1.29, 1.82) is 0 Å². The second kappa shape index (κ2) is 13.0. The molecular formula is C30H33FN4O4. The van der Waals surface area contributed by atoms with Gasteiger partial charge in [-0.15, -0.1) is 0 Å². The number of rotatable bonds is 12. The Morgan fingerprint density at radius 1 is 1.05 bits per heavy atom. The van der Waals surface area contributed by atoms with Gasteiger partial charge in [-0.25, -0.2) is 14.2 Å². The van der Waals surface area contributed by atoms with E-state index in [9.17, 15) is 14.0 Å². The number of halogens is 1. The van der Waals surface area contributed by atoms with Crippen molar-refractivity contribution in [2.45, 2.75) is 38.8 Å². The number of ether oxygens (including phenoxy) is 2. The molecule has 2 aromatic carbocycles. The number of hydrogen-bond donors (Lipinski definition) is 2. The highest BCUT2D eigenvalue weighted by Crippen LogP contribution is 2.33. The van der Waals surface area contributed by atoms with Gasteiger partial charge < -0.3 is 24.7 Å². The van der Waals surface area contributed by atoms with Crippen molar-refractivity contribution in [2.24, 2.45) is 0 Å². The third-order valence-corrected chi connectivity index (χ3v) is 6.41. The molecule has 4 rings (SSSR count). The normalized spacial score (nSPS) is 11.8. The lowest BCUT2D eigenvalue weighted by Crippen LogP contribution is -2.18. The average molecular weight is 533 g/mol. The molecule has 4 aromatic rings. The maximum Gasteiger partial charge on any atom is 0.356 e. The number of methoxy groups -OCH3 is 2. The maximum absolute atomic E-state index is 13.3. The van der Waals surface area contributed by atoms with E-state index in [0.717, 1.165) is 16.8 Å². The Morgan fingerprint density at radius 2 is 1.79 bits per heavy atom. The zero-order chi connectivity index (χ0) is 27.8. The summed E-state index contributed by atoms with van der Waals surface area (Å²) in [5.41, 5.74) is 3.86. The maximum atomic E-state index is 13.3. The molecular weight excluding hydrogens is 499 g/mol. The van der Waals surface area contributed by atoms with Gasteiger partial charge in [0.25, 0.3) is 0 Å². The minimum absolute atomic E-state index is 0.00859. The quantitative estimate of drug-likeness (QED) is 0.243. The standard InChI is InChI=1S/C30H33FN4O4/c1-20(17-22-9-12-23(31)13-10-22)33-24-18-25-27(34-26(36)14-11-21-7-5-4-6-8-21)28(30(37)39-3)35(15-16-38-2)29(25)32-19-24/h4-10,12-13,18-20,33H,11,14-17H2,1-3H3,(H,34,36). The summed E-state index contributed by atoms with van der Waals surface area (Å²) in [5.74, 6) is -1.08. The van der Waals surface area contributed by atoms with Crippen LogP contribution in [0.5, 0.6) is 0 Å². The van der Waals surface area contributed by atoms with Crippen molar-refractivity contribution < 1.29 is 23.5 Å². The fourth-order valence-corrected chi connectivity index (χ4v) is 4.55. The van der Waals surface area contributed by atoms with Gasteiger partial charge in [-0.05, 0) is 49.1 Å². The molecule has 0 aliphatic carbocycles. The van der Waals surface area contributed by atoms with Gasteiger partial charge in [0, 0.05) is 31.5 Å². The predicted molar refractivity (Wildman–Crippen MR) is 150 cm³/mol. The number of nitrogens with zero attached hydrogens (tertiary/aromatic N) is 2. The van der Waals surface area contributed by atoms with Gasteiger partial charge in [0.2, 0.25) is 5.91 Å². The smallest absolute Gasteiger partial charge is 0.356 e.